The molecule has 0 aliphatic heterocycles. The van der Waals surface area contributed by atoms with Crippen molar-refractivity contribution < 1.29 is 14.3 Å². The van der Waals surface area contributed by atoms with Gasteiger partial charge in [-0.05, 0) is 37.6 Å². The van der Waals surface area contributed by atoms with Gasteiger partial charge in [0.15, 0.2) is 0 Å². The normalized spacial score (nSPS) is 11.7. The number of aryl methyl sites for hydroxylation is 1. The Balaban J connectivity index is 2.06. The van der Waals surface area contributed by atoms with Crippen LogP contribution in [0.5, 0.6) is 5.88 Å². The molecule has 0 aliphatic rings. The minimum absolute atomic E-state index is 0.120. The van der Waals surface area contributed by atoms with Gasteiger partial charge in [0.25, 0.3) is 11.8 Å². The highest BCUT2D eigenvalue weighted by Crippen LogP contribution is 2.17. The summed E-state index contributed by atoms with van der Waals surface area (Å²) in [7, 11) is 3.17. The molecule has 2 aromatic rings. The van der Waals surface area contributed by atoms with Crippen molar-refractivity contribution >= 4 is 17.5 Å². The molecule has 24 heavy (non-hydrogen) atoms. The number of carbonyl (C=O) groups is 2. The van der Waals surface area contributed by atoms with E-state index in [4.69, 9.17) is 4.74 Å². The maximum atomic E-state index is 12.3. The topological polar surface area (TPSA) is 85.3 Å². The Hall–Kier alpha value is -2.83. The summed E-state index contributed by atoms with van der Waals surface area (Å²) < 4.78 is 6.59. The molecule has 0 saturated heterocycles. The number of aromatic nitrogens is 2. The summed E-state index contributed by atoms with van der Waals surface area (Å²) in [6, 6.07) is 6.84. The SMILES string of the molecule is CCC(C)NC(=O)c1ccc(NC(=O)c2cn(C)nc2OC)cc1. The quantitative estimate of drug-likeness (QED) is 0.850. The molecular weight excluding hydrogens is 308 g/mol. The summed E-state index contributed by atoms with van der Waals surface area (Å²) in [4.78, 5) is 24.3. The zero-order valence-corrected chi connectivity index (χ0v) is 14.3. The van der Waals surface area contributed by atoms with Crippen LogP contribution in [0, 0.1) is 0 Å². The van der Waals surface area contributed by atoms with E-state index in [0.717, 1.165) is 6.42 Å². The molecular formula is C17H22N4O3. The highest BCUT2D eigenvalue weighted by atomic mass is 16.5. The third-order valence-electron chi connectivity index (χ3n) is 3.63. The lowest BCUT2D eigenvalue weighted by atomic mass is 10.1. The van der Waals surface area contributed by atoms with Gasteiger partial charge in [-0.2, -0.15) is 0 Å². The van der Waals surface area contributed by atoms with E-state index in [1.165, 1.54) is 11.8 Å². The molecule has 0 bridgehead atoms. The van der Waals surface area contributed by atoms with E-state index in [0.29, 0.717) is 16.8 Å². The molecule has 0 spiro atoms. The summed E-state index contributed by atoms with van der Waals surface area (Å²) in [5.41, 5.74) is 1.48. The minimum Gasteiger partial charge on any atom is -0.479 e. The summed E-state index contributed by atoms with van der Waals surface area (Å²) in [5.74, 6) is -0.188. The second kappa shape index (κ2) is 7.63. The van der Waals surface area contributed by atoms with Gasteiger partial charge >= 0.3 is 0 Å². The van der Waals surface area contributed by atoms with E-state index in [1.807, 2.05) is 13.8 Å². The average molecular weight is 330 g/mol. The third kappa shape index (κ3) is 4.13. The molecule has 0 fully saturated rings. The Kier molecular flexibility index (Phi) is 5.57. The van der Waals surface area contributed by atoms with Gasteiger partial charge in [-0.1, -0.05) is 6.92 Å². The molecule has 2 N–H and O–H groups in total. The molecule has 1 atom stereocenters. The third-order valence-corrected chi connectivity index (χ3v) is 3.63. The number of rotatable bonds is 6. The molecule has 0 radical (unpaired) electrons. The van der Waals surface area contributed by atoms with Gasteiger partial charge in [-0.25, -0.2) is 0 Å². The molecule has 0 saturated carbocycles. The van der Waals surface area contributed by atoms with Crippen molar-refractivity contribution in [2.45, 2.75) is 26.3 Å². The van der Waals surface area contributed by atoms with Crippen LogP contribution in [0.3, 0.4) is 0 Å². The number of hydrogen-bond acceptors (Lipinski definition) is 4. The first-order valence-electron chi connectivity index (χ1n) is 7.74. The smallest absolute Gasteiger partial charge is 0.262 e. The van der Waals surface area contributed by atoms with E-state index in [2.05, 4.69) is 15.7 Å². The number of anilines is 1. The second-order valence-electron chi connectivity index (χ2n) is 5.54. The van der Waals surface area contributed by atoms with Crippen LogP contribution in [0.2, 0.25) is 0 Å². The Bertz CT molecular complexity index is 722. The number of amides is 2. The number of carbonyl (C=O) groups excluding carboxylic acids is 2. The van der Waals surface area contributed by atoms with Crippen molar-refractivity contribution in [1.29, 1.82) is 0 Å². The number of nitrogens with zero attached hydrogens (tertiary/aromatic N) is 2. The summed E-state index contributed by atoms with van der Waals surface area (Å²) in [6.07, 6.45) is 2.45. The van der Waals surface area contributed by atoms with E-state index < -0.39 is 0 Å². The zero-order chi connectivity index (χ0) is 17.7. The van der Waals surface area contributed by atoms with Crippen molar-refractivity contribution in [2.75, 3.05) is 12.4 Å². The first-order valence-corrected chi connectivity index (χ1v) is 7.74. The van der Waals surface area contributed by atoms with Crippen LogP contribution in [-0.4, -0.2) is 34.7 Å². The standard InChI is InChI=1S/C17H22N4O3/c1-5-11(2)18-15(22)12-6-8-13(9-7-12)19-16(23)14-10-21(3)20-17(14)24-4/h6-11H,5H2,1-4H3,(H,18,22)(H,19,23). The predicted octanol–water partition coefficient (Wildman–Crippen LogP) is 2.21. The lowest BCUT2D eigenvalue weighted by Crippen LogP contribution is -2.31. The van der Waals surface area contributed by atoms with Crippen molar-refractivity contribution in [3.63, 3.8) is 0 Å². The molecule has 7 nitrogen and oxygen atoms in total. The zero-order valence-electron chi connectivity index (χ0n) is 14.3. The fraction of sp³-hybridized carbons (Fsp3) is 0.353. The minimum atomic E-state index is -0.322. The van der Waals surface area contributed by atoms with Gasteiger partial charge in [-0.3, -0.25) is 14.3 Å². The van der Waals surface area contributed by atoms with Crippen molar-refractivity contribution in [3.8, 4) is 5.88 Å². The van der Waals surface area contributed by atoms with Gasteiger partial charge < -0.3 is 15.4 Å². The molecule has 1 heterocycles. The Morgan fingerprint density at radius 2 is 1.92 bits per heavy atom. The number of ether oxygens (including phenoxy) is 1. The molecule has 2 rings (SSSR count). The molecule has 7 heteroatoms. The molecule has 1 unspecified atom stereocenters. The van der Waals surface area contributed by atoms with E-state index in [-0.39, 0.29) is 23.7 Å². The summed E-state index contributed by atoms with van der Waals surface area (Å²) in [6.45, 7) is 3.96. The molecule has 0 aliphatic carbocycles. The Labute approximate surface area is 141 Å². The molecule has 1 aromatic carbocycles. The van der Waals surface area contributed by atoms with Crippen LogP contribution >= 0.6 is 0 Å². The highest BCUT2D eigenvalue weighted by Gasteiger charge is 2.16. The maximum Gasteiger partial charge on any atom is 0.262 e. The fourth-order valence-corrected chi connectivity index (χ4v) is 2.09. The number of methoxy groups -OCH3 is 1. The maximum absolute atomic E-state index is 12.3. The number of hydrogen-bond donors (Lipinski definition) is 2. The van der Waals surface area contributed by atoms with Crippen LogP contribution in [0.15, 0.2) is 30.5 Å². The van der Waals surface area contributed by atoms with Gasteiger partial charge in [0.2, 0.25) is 5.88 Å². The Morgan fingerprint density at radius 1 is 1.25 bits per heavy atom. The predicted molar refractivity (Wildman–Crippen MR) is 91.4 cm³/mol. The first-order chi connectivity index (χ1) is 11.4. The van der Waals surface area contributed by atoms with Crippen LogP contribution in [0.4, 0.5) is 5.69 Å². The van der Waals surface area contributed by atoms with Gasteiger partial charge in [0, 0.05) is 30.5 Å². The van der Waals surface area contributed by atoms with Crippen molar-refractivity contribution in [1.82, 2.24) is 15.1 Å². The first kappa shape index (κ1) is 17.5. The van der Waals surface area contributed by atoms with Crippen molar-refractivity contribution in [2.24, 2.45) is 7.05 Å². The number of benzene rings is 1. The molecule has 128 valence electrons. The van der Waals surface area contributed by atoms with E-state index in [1.54, 1.807) is 37.5 Å². The number of nitrogens with one attached hydrogen (secondary N) is 2. The summed E-state index contributed by atoms with van der Waals surface area (Å²) >= 11 is 0. The van der Waals surface area contributed by atoms with Crippen LogP contribution in [-0.2, 0) is 7.05 Å². The fourth-order valence-electron chi connectivity index (χ4n) is 2.09. The second-order valence-corrected chi connectivity index (χ2v) is 5.54. The van der Waals surface area contributed by atoms with E-state index in [9.17, 15) is 9.59 Å². The Morgan fingerprint density at radius 3 is 2.50 bits per heavy atom. The van der Waals surface area contributed by atoms with E-state index >= 15 is 0 Å². The average Bonchev–Trinajstić information content (AvgIpc) is 2.96. The summed E-state index contributed by atoms with van der Waals surface area (Å²) in [5, 5.41) is 9.70. The highest BCUT2D eigenvalue weighted by molar-refractivity contribution is 6.06. The van der Waals surface area contributed by atoms with Crippen LogP contribution < -0.4 is 15.4 Å². The largest absolute Gasteiger partial charge is 0.479 e. The lowest BCUT2D eigenvalue weighted by molar-refractivity contribution is 0.0938. The molecule has 2 amide bonds. The van der Waals surface area contributed by atoms with Crippen LogP contribution in [0.1, 0.15) is 41.0 Å². The van der Waals surface area contributed by atoms with Crippen LogP contribution in [0.25, 0.3) is 0 Å². The van der Waals surface area contributed by atoms with Gasteiger partial charge in [-0.15, -0.1) is 5.10 Å². The molecule has 1 aromatic heterocycles. The monoisotopic (exact) mass is 330 g/mol. The van der Waals surface area contributed by atoms with Gasteiger partial charge in [0.1, 0.15) is 5.56 Å². The van der Waals surface area contributed by atoms with Gasteiger partial charge in [0.05, 0.1) is 7.11 Å². The lowest BCUT2D eigenvalue weighted by Gasteiger charge is -2.11. The van der Waals surface area contributed by atoms with Crippen molar-refractivity contribution in [3.05, 3.63) is 41.6 Å².